The lowest BCUT2D eigenvalue weighted by Crippen LogP contribution is -2.45. The number of benzene rings is 1. The molecule has 1 aliphatic rings. The first kappa shape index (κ1) is 16.0. The van der Waals surface area contributed by atoms with E-state index in [0.717, 1.165) is 29.2 Å². The van der Waals surface area contributed by atoms with Gasteiger partial charge in [-0.15, -0.1) is 0 Å². The molecule has 1 fully saturated rings. The number of likely N-dealkylation sites (N-methyl/N-ethyl adjacent to an activating group) is 1. The van der Waals surface area contributed by atoms with Crippen LogP contribution in [0.3, 0.4) is 0 Å². The van der Waals surface area contributed by atoms with Crippen LogP contribution >= 0.6 is 15.9 Å². The molecule has 0 saturated carbocycles. The van der Waals surface area contributed by atoms with Crippen LogP contribution in [0.25, 0.3) is 6.08 Å². The Hall–Kier alpha value is -1.33. The standard InChI is InChI=1S/C16H21BrN2O2/c1-18(2)14-4-3-9-19(11-14)13-7-5-12(15(17)10-13)6-8-16(20)21/h5-8,10,14H,3-4,9,11H2,1-2H3,(H,20,21)/b8-6+. The Labute approximate surface area is 134 Å². The van der Waals surface area contributed by atoms with Crippen molar-refractivity contribution in [2.24, 2.45) is 0 Å². The van der Waals surface area contributed by atoms with E-state index in [-0.39, 0.29) is 0 Å². The van der Waals surface area contributed by atoms with Crippen LogP contribution in [0.5, 0.6) is 0 Å². The summed E-state index contributed by atoms with van der Waals surface area (Å²) in [6.45, 7) is 2.10. The van der Waals surface area contributed by atoms with Gasteiger partial charge in [-0.05, 0) is 50.7 Å². The summed E-state index contributed by atoms with van der Waals surface area (Å²) in [7, 11) is 4.26. The van der Waals surface area contributed by atoms with E-state index in [1.807, 2.05) is 6.07 Å². The molecule has 1 aromatic carbocycles. The van der Waals surface area contributed by atoms with E-state index in [4.69, 9.17) is 5.11 Å². The summed E-state index contributed by atoms with van der Waals surface area (Å²) < 4.78 is 0.921. The predicted octanol–water partition coefficient (Wildman–Crippen LogP) is 3.08. The van der Waals surface area contributed by atoms with Gasteiger partial charge in [-0.3, -0.25) is 0 Å². The number of piperidine rings is 1. The zero-order valence-corrected chi connectivity index (χ0v) is 14.0. The highest BCUT2D eigenvalue weighted by atomic mass is 79.9. The number of halogens is 1. The van der Waals surface area contributed by atoms with Gasteiger partial charge in [-0.2, -0.15) is 0 Å². The normalized spacial score (nSPS) is 19.4. The van der Waals surface area contributed by atoms with Gasteiger partial charge < -0.3 is 14.9 Å². The highest BCUT2D eigenvalue weighted by molar-refractivity contribution is 9.10. The van der Waals surface area contributed by atoms with Crippen LogP contribution in [0.2, 0.25) is 0 Å². The molecule has 1 aliphatic heterocycles. The summed E-state index contributed by atoms with van der Waals surface area (Å²) in [5.74, 6) is -0.934. The lowest BCUT2D eigenvalue weighted by atomic mass is 10.0. The van der Waals surface area contributed by atoms with Crippen molar-refractivity contribution in [1.82, 2.24) is 4.90 Å². The van der Waals surface area contributed by atoms with Gasteiger partial charge in [0.1, 0.15) is 0 Å². The van der Waals surface area contributed by atoms with Crippen molar-refractivity contribution >= 4 is 33.7 Å². The van der Waals surface area contributed by atoms with Crippen molar-refractivity contribution < 1.29 is 9.90 Å². The van der Waals surface area contributed by atoms with Gasteiger partial charge in [0.15, 0.2) is 0 Å². The number of rotatable bonds is 4. The fraction of sp³-hybridized carbons (Fsp3) is 0.438. The van der Waals surface area contributed by atoms with Crippen LogP contribution in [-0.2, 0) is 4.79 Å². The van der Waals surface area contributed by atoms with E-state index in [2.05, 4.69) is 52.0 Å². The van der Waals surface area contributed by atoms with Gasteiger partial charge in [0, 0.05) is 35.4 Å². The second-order valence-corrected chi connectivity index (χ2v) is 6.44. The lowest BCUT2D eigenvalue weighted by molar-refractivity contribution is -0.131. The summed E-state index contributed by atoms with van der Waals surface area (Å²) in [4.78, 5) is 15.3. The van der Waals surface area contributed by atoms with Crippen molar-refractivity contribution in [2.45, 2.75) is 18.9 Å². The lowest BCUT2D eigenvalue weighted by Gasteiger charge is -2.37. The first-order chi connectivity index (χ1) is 9.97. The summed E-state index contributed by atoms with van der Waals surface area (Å²) in [6, 6.07) is 6.67. The average molecular weight is 353 g/mol. The van der Waals surface area contributed by atoms with Gasteiger partial charge in [0.25, 0.3) is 0 Å². The largest absolute Gasteiger partial charge is 0.478 e. The zero-order valence-electron chi connectivity index (χ0n) is 12.4. The molecule has 114 valence electrons. The number of carboxylic acids is 1. The summed E-state index contributed by atoms with van der Waals surface area (Å²) >= 11 is 3.53. The maximum atomic E-state index is 10.6. The molecule has 5 heteroatoms. The zero-order chi connectivity index (χ0) is 15.4. The van der Waals surface area contributed by atoms with E-state index < -0.39 is 5.97 Å². The highest BCUT2D eigenvalue weighted by Gasteiger charge is 2.21. The third-order valence-corrected chi connectivity index (χ3v) is 4.57. The van der Waals surface area contributed by atoms with Crippen molar-refractivity contribution in [3.63, 3.8) is 0 Å². The van der Waals surface area contributed by atoms with E-state index in [9.17, 15) is 4.79 Å². The number of nitrogens with zero attached hydrogens (tertiary/aromatic N) is 2. The highest BCUT2D eigenvalue weighted by Crippen LogP contribution is 2.27. The van der Waals surface area contributed by atoms with Gasteiger partial charge in [0.05, 0.1) is 0 Å². The Bertz CT molecular complexity index is 543. The fourth-order valence-electron chi connectivity index (χ4n) is 2.62. The molecule has 1 unspecified atom stereocenters. The minimum atomic E-state index is -0.934. The Morgan fingerprint density at radius 1 is 1.48 bits per heavy atom. The van der Waals surface area contributed by atoms with Gasteiger partial charge in [0.2, 0.25) is 0 Å². The van der Waals surface area contributed by atoms with Gasteiger partial charge in [-0.25, -0.2) is 4.79 Å². The van der Waals surface area contributed by atoms with E-state index >= 15 is 0 Å². The van der Waals surface area contributed by atoms with Gasteiger partial charge >= 0.3 is 5.97 Å². The number of carbonyl (C=O) groups is 1. The van der Waals surface area contributed by atoms with Crippen LogP contribution in [-0.4, -0.2) is 49.2 Å². The molecule has 21 heavy (non-hydrogen) atoms. The monoisotopic (exact) mass is 352 g/mol. The number of aliphatic carboxylic acids is 1. The molecule has 4 nitrogen and oxygen atoms in total. The SMILES string of the molecule is CN(C)C1CCCN(c2ccc(/C=C/C(=O)O)c(Br)c2)C1. The Morgan fingerprint density at radius 3 is 2.86 bits per heavy atom. The van der Waals surface area contributed by atoms with Crippen molar-refractivity contribution in [3.8, 4) is 0 Å². The number of hydrogen-bond donors (Lipinski definition) is 1. The molecule has 1 heterocycles. The second-order valence-electron chi connectivity index (χ2n) is 5.58. The van der Waals surface area contributed by atoms with Crippen molar-refractivity contribution in [1.29, 1.82) is 0 Å². The molecule has 0 spiro atoms. The topological polar surface area (TPSA) is 43.8 Å². The predicted molar refractivity (Wildman–Crippen MR) is 89.7 cm³/mol. The molecule has 1 saturated heterocycles. The Kier molecular flexibility index (Phi) is 5.42. The second kappa shape index (κ2) is 7.09. The molecule has 2 rings (SSSR count). The maximum Gasteiger partial charge on any atom is 0.328 e. The molecule has 1 N–H and O–H groups in total. The molecule has 0 radical (unpaired) electrons. The molecule has 0 bridgehead atoms. The van der Waals surface area contributed by atoms with Crippen molar-refractivity contribution in [2.75, 3.05) is 32.1 Å². The van der Waals surface area contributed by atoms with E-state index in [1.54, 1.807) is 6.08 Å². The third-order valence-electron chi connectivity index (χ3n) is 3.88. The molecule has 0 aliphatic carbocycles. The third kappa shape index (κ3) is 4.32. The number of carboxylic acid groups (broad SMARTS) is 1. The molecule has 1 aromatic rings. The summed E-state index contributed by atoms with van der Waals surface area (Å²) in [5.41, 5.74) is 2.06. The Morgan fingerprint density at radius 2 is 2.24 bits per heavy atom. The molecule has 0 amide bonds. The summed E-state index contributed by atoms with van der Waals surface area (Å²) in [5, 5.41) is 8.69. The van der Waals surface area contributed by atoms with Crippen LogP contribution in [0, 0.1) is 0 Å². The molecule has 0 aromatic heterocycles. The molecule has 1 atom stereocenters. The minimum Gasteiger partial charge on any atom is -0.478 e. The minimum absolute atomic E-state index is 0.587. The quantitative estimate of drug-likeness (QED) is 0.845. The maximum absolute atomic E-state index is 10.6. The van der Waals surface area contributed by atoms with E-state index in [0.29, 0.717) is 6.04 Å². The van der Waals surface area contributed by atoms with Gasteiger partial charge in [-0.1, -0.05) is 22.0 Å². The number of hydrogen-bond acceptors (Lipinski definition) is 3. The van der Waals surface area contributed by atoms with Crippen LogP contribution < -0.4 is 4.90 Å². The van der Waals surface area contributed by atoms with Crippen LogP contribution in [0.1, 0.15) is 18.4 Å². The number of anilines is 1. The summed E-state index contributed by atoms with van der Waals surface area (Å²) in [6.07, 6.45) is 5.20. The van der Waals surface area contributed by atoms with E-state index in [1.165, 1.54) is 18.5 Å². The smallest absolute Gasteiger partial charge is 0.328 e. The average Bonchev–Trinajstić information content (AvgIpc) is 2.46. The molecular formula is C16H21BrN2O2. The first-order valence-corrected chi connectivity index (χ1v) is 7.88. The Balaban J connectivity index is 2.14. The molecular weight excluding hydrogens is 332 g/mol. The van der Waals surface area contributed by atoms with Crippen molar-refractivity contribution in [3.05, 3.63) is 34.3 Å². The fourth-order valence-corrected chi connectivity index (χ4v) is 3.12. The van der Waals surface area contributed by atoms with Crippen LogP contribution in [0.15, 0.2) is 28.7 Å². The van der Waals surface area contributed by atoms with Crippen LogP contribution in [0.4, 0.5) is 5.69 Å². The first-order valence-electron chi connectivity index (χ1n) is 7.09.